The van der Waals surface area contributed by atoms with Gasteiger partial charge in [0.25, 0.3) is 5.91 Å². The average molecular weight is 835 g/mol. The number of rotatable bonds is 6. The Morgan fingerprint density at radius 3 is 2.14 bits per heavy atom. The fraction of sp³-hybridized carbons (Fsp3) is 0.564. The van der Waals surface area contributed by atoms with Crippen LogP contribution in [0, 0.1) is 5.92 Å². The summed E-state index contributed by atoms with van der Waals surface area (Å²) in [5.74, 6) is -2.95. The van der Waals surface area contributed by atoms with E-state index < -0.39 is 87.1 Å². The van der Waals surface area contributed by atoms with Crippen LogP contribution in [-0.4, -0.2) is 84.0 Å². The van der Waals surface area contributed by atoms with Crippen molar-refractivity contribution in [3.63, 3.8) is 0 Å². The van der Waals surface area contributed by atoms with Gasteiger partial charge in [-0.15, -0.1) is 0 Å². The molecule has 3 aliphatic heterocycles. The first-order chi connectivity index (χ1) is 27.2. The van der Waals surface area contributed by atoms with E-state index in [-0.39, 0.29) is 31.5 Å². The molecule has 1 saturated carbocycles. The lowest BCUT2D eigenvalue weighted by molar-refractivity contribution is -0.141. The molecular formula is C39H49F3N6O9S. The van der Waals surface area contributed by atoms with Crippen LogP contribution in [0.15, 0.2) is 48.5 Å². The van der Waals surface area contributed by atoms with Crippen LogP contribution in [0.3, 0.4) is 0 Å². The number of anilines is 1. The number of hydrogen-bond acceptors (Lipinski definition) is 9. The molecule has 4 aliphatic rings. The van der Waals surface area contributed by atoms with Crippen molar-refractivity contribution in [3.8, 4) is 0 Å². The molecule has 3 heterocycles. The molecule has 316 valence electrons. The fourth-order valence-corrected chi connectivity index (χ4v) is 8.75. The lowest BCUT2D eigenvalue weighted by atomic mass is 10.0. The summed E-state index contributed by atoms with van der Waals surface area (Å²) in [5.41, 5.74) is -1.88. The van der Waals surface area contributed by atoms with Gasteiger partial charge in [-0.2, -0.15) is 21.6 Å². The molecular weight excluding hydrogens is 786 g/mol. The van der Waals surface area contributed by atoms with E-state index in [0.717, 1.165) is 36.1 Å². The van der Waals surface area contributed by atoms with Crippen LogP contribution in [0.1, 0.15) is 95.2 Å². The molecule has 0 bridgehead atoms. The number of halogens is 3. The van der Waals surface area contributed by atoms with Crippen molar-refractivity contribution in [3.05, 3.63) is 65.2 Å². The first-order valence-corrected chi connectivity index (χ1v) is 20.9. The highest BCUT2D eigenvalue weighted by atomic mass is 32.2. The minimum Gasteiger partial charge on any atom is -0.444 e. The third-order valence-corrected chi connectivity index (χ3v) is 11.8. The summed E-state index contributed by atoms with van der Waals surface area (Å²) in [5, 5.41) is 5.40. The quantitative estimate of drug-likeness (QED) is 0.306. The largest absolute Gasteiger partial charge is 0.444 e. The zero-order chi connectivity index (χ0) is 42.0. The van der Waals surface area contributed by atoms with Crippen LogP contribution in [0.2, 0.25) is 0 Å². The number of nitrogens with one attached hydrogen (secondary N) is 4. The Morgan fingerprint density at radius 2 is 1.52 bits per heavy atom. The lowest BCUT2D eigenvalue weighted by Gasteiger charge is -2.30. The summed E-state index contributed by atoms with van der Waals surface area (Å²) in [6.45, 7) is 5.45. The van der Waals surface area contributed by atoms with Gasteiger partial charge in [0, 0.05) is 19.5 Å². The maximum absolute atomic E-state index is 14.4. The Kier molecular flexibility index (Phi) is 12.2. The number of carbonyl (C=O) groups is 5. The molecule has 1 aliphatic carbocycles. The Hall–Kier alpha value is -5.07. The molecule has 2 aromatic carbocycles. The Labute approximate surface area is 334 Å². The molecule has 0 aromatic heterocycles. The Bertz CT molecular complexity index is 1980. The molecule has 58 heavy (non-hydrogen) atoms. The topological polar surface area (TPSA) is 193 Å². The predicted molar refractivity (Wildman–Crippen MR) is 203 cm³/mol. The van der Waals surface area contributed by atoms with Crippen molar-refractivity contribution >= 4 is 45.8 Å². The van der Waals surface area contributed by atoms with Crippen LogP contribution in [0.4, 0.5) is 28.4 Å². The number of benzene rings is 2. The second-order valence-corrected chi connectivity index (χ2v) is 17.8. The number of ether oxygens (including phenoxy) is 2. The Balaban J connectivity index is 1.23. The van der Waals surface area contributed by atoms with Gasteiger partial charge in [-0.05, 0) is 81.3 Å². The SMILES string of the molecule is CC(C)(C)OC(=O)N[C@H]1CCCCCCC[C@@H]2C[C@@]2(C(=O)NS(=O)(=O)Nc2ccc(C(F)(F)F)cc2)NC(=O)[C@@H]2C[C@@H](OC(=O)N3Cc4ccccc4C3)CN2C1=O. The molecule has 0 unspecified atom stereocenters. The maximum Gasteiger partial charge on any atom is 0.416 e. The van der Waals surface area contributed by atoms with Gasteiger partial charge in [0.2, 0.25) is 11.8 Å². The van der Waals surface area contributed by atoms with Crippen molar-refractivity contribution in [1.29, 1.82) is 0 Å². The minimum atomic E-state index is -4.70. The van der Waals surface area contributed by atoms with Crippen molar-refractivity contribution in [2.75, 3.05) is 11.3 Å². The standard InChI is InChI=1S/C39H49F3N6O9S/c1-37(2,3)57-35(52)43-30-14-8-6-4-5-7-13-27-20-38(27,34(51)46-58(54,55)45-28-17-15-26(16-18-28)39(40,41)42)44-32(49)31-19-29(23-48(31)33(30)50)56-36(53)47-21-24-11-9-10-12-25(24)22-47/h9-12,15-18,27,29-31,45H,4-8,13-14,19-23H2,1-3H3,(H,43,52)(H,44,49)(H,46,51)/t27-,29-,30+,31+,38-/m1/s1. The van der Waals surface area contributed by atoms with Crippen LogP contribution in [0.25, 0.3) is 0 Å². The number of carbonyl (C=O) groups excluding carboxylic acids is 5. The van der Waals surface area contributed by atoms with Gasteiger partial charge in [0.15, 0.2) is 0 Å². The number of fused-ring (bicyclic) bond motifs is 3. The summed E-state index contributed by atoms with van der Waals surface area (Å²) in [6, 6.07) is 8.32. The molecule has 2 aromatic rings. The highest BCUT2D eigenvalue weighted by molar-refractivity contribution is 7.91. The van der Waals surface area contributed by atoms with E-state index in [2.05, 4.69) is 10.6 Å². The summed E-state index contributed by atoms with van der Waals surface area (Å²) in [6.07, 6.45) is -3.01. The normalized spacial score (nSPS) is 25.5. The van der Waals surface area contributed by atoms with Crippen molar-refractivity contribution in [1.82, 2.24) is 25.2 Å². The second-order valence-electron chi connectivity index (χ2n) is 16.4. The van der Waals surface area contributed by atoms with Gasteiger partial charge in [0.05, 0.1) is 17.8 Å². The zero-order valence-corrected chi connectivity index (χ0v) is 33.3. The molecule has 0 radical (unpaired) electrons. The first-order valence-electron chi connectivity index (χ1n) is 19.4. The highest BCUT2D eigenvalue weighted by Gasteiger charge is 2.62. The van der Waals surface area contributed by atoms with Gasteiger partial charge in [-0.25, -0.2) is 14.3 Å². The summed E-state index contributed by atoms with van der Waals surface area (Å²) >= 11 is 0. The summed E-state index contributed by atoms with van der Waals surface area (Å²) < 4.78 is 80.7. The van der Waals surface area contributed by atoms with Gasteiger partial charge in [-0.3, -0.25) is 24.0 Å². The van der Waals surface area contributed by atoms with E-state index in [1.54, 1.807) is 20.8 Å². The first kappa shape index (κ1) is 42.5. The fourth-order valence-electron chi connectivity index (χ4n) is 7.82. The predicted octanol–water partition coefficient (Wildman–Crippen LogP) is 5.11. The number of amides is 5. The van der Waals surface area contributed by atoms with Crippen LogP contribution >= 0.6 is 0 Å². The van der Waals surface area contributed by atoms with E-state index in [9.17, 15) is 45.6 Å². The van der Waals surface area contributed by atoms with Gasteiger partial charge >= 0.3 is 28.6 Å². The molecule has 5 atom stereocenters. The molecule has 0 spiro atoms. The molecule has 15 nitrogen and oxygen atoms in total. The van der Waals surface area contributed by atoms with Gasteiger partial charge < -0.3 is 25.0 Å². The monoisotopic (exact) mass is 834 g/mol. The average Bonchev–Trinajstić information content (AvgIpc) is 3.43. The molecule has 2 saturated heterocycles. The summed E-state index contributed by atoms with van der Waals surface area (Å²) in [7, 11) is -4.70. The van der Waals surface area contributed by atoms with Crippen molar-refractivity contribution in [2.45, 2.75) is 127 Å². The Morgan fingerprint density at radius 1 is 0.897 bits per heavy atom. The van der Waals surface area contributed by atoms with Crippen molar-refractivity contribution in [2.24, 2.45) is 5.92 Å². The number of hydrogen-bond donors (Lipinski definition) is 4. The van der Waals surface area contributed by atoms with E-state index in [0.29, 0.717) is 50.9 Å². The van der Waals surface area contributed by atoms with Crippen LogP contribution in [-0.2, 0) is 53.3 Å². The van der Waals surface area contributed by atoms with Crippen LogP contribution < -0.4 is 20.1 Å². The van der Waals surface area contributed by atoms with E-state index in [1.807, 2.05) is 33.7 Å². The molecule has 19 heteroatoms. The maximum atomic E-state index is 14.4. The molecule has 3 fully saturated rings. The lowest BCUT2D eigenvalue weighted by Crippen LogP contribution is -2.58. The van der Waals surface area contributed by atoms with Gasteiger partial charge in [-0.1, -0.05) is 56.4 Å². The second kappa shape index (κ2) is 16.7. The summed E-state index contributed by atoms with van der Waals surface area (Å²) in [4.78, 5) is 71.7. The number of alkyl halides is 3. The van der Waals surface area contributed by atoms with E-state index >= 15 is 0 Å². The third-order valence-electron chi connectivity index (χ3n) is 10.8. The molecule has 6 rings (SSSR count). The molecule has 5 amide bonds. The van der Waals surface area contributed by atoms with Crippen LogP contribution in [0.5, 0.6) is 0 Å². The van der Waals surface area contributed by atoms with E-state index in [1.165, 1.54) is 9.80 Å². The third kappa shape index (κ3) is 10.3. The molecule has 4 N–H and O–H groups in total. The van der Waals surface area contributed by atoms with E-state index in [4.69, 9.17) is 9.47 Å². The minimum absolute atomic E-state index is 0.0811. The van der Waals surface area contributed by atoms with Gasteiger partial charge in [0.1, 0.15) is 29.3 Å². The van der Waals surface area contributed by atoms with Crippen molar-refractivity contribution < 1.29 is 55.0 Å². The smallest absolute Gasteiger partial charge is 0.416 e. The number of alkyl carbamates (subject to hydrolysis) is 1. The number of nitrogens with zero attached hydrogens (tertiary/aromatic N) is 2. The highest BCUT2D eigenvalue weighted by Crippen LogP contribution is 2.48. The zero-order valence-electron chi connectivity index (χ0n) is 32.5.